The number of benzene rings is 1. The highest BCUT2D eigenvalue weighted by Crippen LogP contribution is 2.40. The summed E-state index contributed by atoms with van der Waals surface area (Å²) in [6, 6.07) is 6.63. The van der Waals surface area contributed by atoms with Crippen molar-refractivity contribution in [1.29, 1.82) is 0 Å². The monoisotopic (exact) mass is 370 g/mol. The van der Waals surface area contributed by atoms with E-state index >= 15 is 0 Å². The third kappa shape index (κ3) is 4.75. The van der Waals surface area contributed by atoms with Gasteiger partial charge >= 0.3 is 0 Å². The summed E-state index contributed by atoms with van der Waals surface area (Å²) >= 11 is 0. The first-order chi connectivity index (χ1) is 12.8. The number of ketones is 1. The largest absolute Gasteiger partial charge is 0.507 e. The second-order valence-electron chi connectivity index (χ2n) is 7.02. The normalized spacial score (nSPS) is 14.8. The van der Waals surface area contributed by atoms with Crippen LogP contribution in [0.1, 0.15) is 36.2 Å². The van der Waals surface area contributed by atoms with E-state index in [9.17, 15) is 14.7 Å². The lowest BCUT2D eigenvalue weighted by molar-refractivity contribution is -0.123. The third-order valence-corrected chi connectivity index (χ3v) is 4.16. The third-order valence-electron chi connectivity index (χ3n) is 4.16. The molecule has 0 saturated heterocycles. The van der Waals surface area contributed by atoms with E-state index in [1.165, 1.54) is 12.1 Å². The zero-order valence-electron chi connectivity index (χ0n) is 15.3. The van der Waals surface area contributed by atoms with Crippen molar-refractivity contribution >= 4 is 11.7 Å². The molecular weight excluding hydrogens is 348 g/mol. The van der Waals surface area contributed by atoms with Crippen LogP contribution in [-0.2, 0) is 11.2 Å². The van der Waals surface area contributed by atoms with Crippen molar-refractivity contribution in [3.63, 3.8) is 0 Å². The molecule has 2 heterocycles. The van der Waals surface area contributed by atoms with Crippen LogP contribution in [0.3, 0.4) is 0 Å². The number of phenols is 1. The highest BCUT2D eigenvalue weighted by Gasteiger charge is 2.34. The number of pyridine rings is 1. The second kappa shape index (κ2) is 7.65. The summed E-state index contributed by atoms with van der Waals surface area (Å²) in [6.07, 6.45) is 4.29. The standard InChI is InChI=1S/C20H22N2O5/c1-20(2)11-16(24)19-15(23)9-14(10-17(19)27-20)26-12-18(25)22-8-5-13-3-6-21-7-4-13/h3-4,6-7,9-10,23H,5,8,11-12H2,1-2H3,(H,22,25). The molecule has 0 aliphatic carbocycles. The van der Waals surface area contributed by atoms with E-state index in [-0.39, 0.29) is 47.5 Å². The Labute approximate surface area is 157 Å². The fourth-order valence-corrected chi connectivity index (χ4v) is 2.92. The Kier molecular flexibility index (Phi) is 5.30. The maximum absolute atomic E-state index is 12.2. The number of carbonyl (C=O) groups excluding carboxylic acids is 2. The molecule has 1 amide bonds. The Balaban J connectivity index is 1.56. The van der Waals surface area contributed by atoms with Crippen LogP contribution in [0, 0.1) is 0 Å². The SMILES string of the molecule is CC1(C)CC(=O)c2c(O)cc(OCC(=O)NCCc3ccncc3)cc2O1. The van der Waals surface area contributed by atoms with E-state index in [0.717, 1.165) is 5.56 Å². The molecule has 27 heavy (non-hydrogen) atoms. The molecule has 1 aromatic heterocycles. The Hall–Kier alpha value is -3.09. The minimum absolute atomic E-state index is 0.156. The average molecular weight is 370 g/mol. The fraction of sp³-hybridized carbons (Fsp3) is 0.350. The first-order valence-corrected chi connectivity index (χ1v) is 8.72. The highest BCUT2D eigenvalue weighted by molar-refractivity contribution is 6.03. The van der Waals surface area contributed by atoms with Crippen molar-refractivity contribution in [1.82, 2.24) is 10.3 Å². The molecule has 0 saturated carbocycles. The molecule has 1 aromatic carbocycles. The predicted molar refractivity (Wildman–Crippen MR) is 98.2 cm³/mol. The molecule has 0 bridgehead atoms. The molecular formula is C20H22N2O5. The molecule has 1 aliphatic heterocycles. The molecule has 7 heteroatoms. The van der Waals surface area contributed by atoms with E-state index in [4.69, 9.17) is 9.47 Å². The predicted octanol–water partition coefficient (Wildman–Crippen LogP) is 2.27. The Morgan fingerprint density at radius 3 is 2.81 bits per heavy atom. The summed E-state index contributed by atoms with van der Waals surface area (Å²) in [4.78, 5) is 28.1. The summed E-state index contributed by atoms with van der Waals surface area (Å²) in [5, 5.41) is 12.9. The van der Waals surface area contributed by atoms with E-state index in [1.807, 2.05) is 12.1 Å². The molecule has 0 atom stereocenters. The average Bonchev–Trinajstić information content (AvgIpc) is 2.59. The molecule has 1 aliphatic rings. The van der Waals surface area contributed by atoms with Crippen LogP contribution in [-0.4, -0.2) is 40.5 Å². The van der Waals surface area contributed by atoms with Crippen LogP contribution in [0.4, 0.5) is 0 Å². The van der Waals surface area contributed by atoms with Gasteiger partial charge in [-0.3, -0.25) is 14.6 Å². The van der Waals surface area contributed by atoms with Crippen molar-refractivity contribution < 1.29 is 24.2 Å². The lowest BCUT2D eigenvalue weighted by Crippen LogP contribution is -2.36. The summed E-state index contributed by atoms with van der Waals surface area (Å²) in [7, 11) is 0. The summed E-state index contributed by atoms with van der Waals surface area (Å²) in [6.45, 7) is 3.88. The molecule has 142 valence electrons. The van der Waals surface area contributed by atoms with Crippen LogP contribution < -0.4 is 14.8 Å². The first kappa shape index (κ1) is 18.7. The molecule has 7 nitrogen and oxygen atoms in total. The molecule has 0 unspecified atom stereocenters. The van der Waals surface area contributed by atoms with E-state index < -0.39 is 5.60 Å². The summed E-state index contributed by atoms with van der Waals surface area (Å²) in [5.74, 6) is -0.135. The molecule has 0 radical (unpaired) electrons. The minimum atomic E-state index is -0.653. The minimum Gasteiger partial charge on any atom is -0.507 e. The van der Waals surface area contributed by atoms with Crippen molar-refractivity contribution in [2.45, 2.75) is 32.3 Å². The van der Waals surface area contributed by atoms with E-state index in [0.29, 0.717) is 13.0 Å². The van der Waals surface area contributed by atoms with Gasteiger partial charge in [-0.05, 0) is 38.0 Å². The number of nitrogens with one attached hydrogen (secondary N) is 1. The maximum atomic E-state index is 12.2. The van der Waals surface area contributed by atoms with Crippen LogP contribution in [0.25, 0.3) is 0 Å². The molecule has 0 fully saturated rings. The second-order valence-corrected chi connectivity index (χ2v) is 7.02. The number of fused-ring (bicyclic) bond motifs is 1. The van der Waals surface area contributed by atoms with Crippen LogP contribution >= 0.6 is 0 Å². The van der Waals surface area contributed by atoms with Gasteiger partial charge in [0.25, 0.3) is 5.91 Å². The van der Waals surface area contributed by atoms with Gasteiger partial charge in [-0.2, -0.15) is 0 Å². The van der Waals surface area contributed by atoms with Crippen LogP contribution in [0.15, 0.2) is 36.7 Å². The fourth-order valence-electron chi connectivity index (χ4n) is 2.92. The first-order valence-electron chi connectivity index (χ1n) is 8.72. The number of rotatable bonds is 6. The van der Waals surface area contributed by atoms with Gasteiger partial charge in [-0.1, -0.05) is 0 Å². The van der Waals surface area contributed by atoms with Crippen LogP contribution in [0.5, 0.6) is 17.2 Å². The zero-order valence-corrected chi connectivity index (χ0v) is 15.3. The molecule has 2 N–H and O–H groups in total. The lowest BCUT2D eigenvalue weighted by atomic mass is 9.92. The number of aromatic nitrogens is 1. The zero-order chi connectivity index (χ0) is 19.4. The summed E-state index contributed by atoms with van der Waals surface area (Å²) < 4.78 is 11.2. The quantitative estimate of drug-likeness (QED) is 0.810. The number of phenolic OH excluding ortho intramolecular Hbond substituents is 1. The number of amides is 1. The van der Waals surface area contributed by atoms with E-state index in [2.05, 4.69) is 10.3 Å². The van der Waals surface area contributed by atoms with Gasteiger partial charge in [0, 0.05) is 31.1 Å². The topological polar surface area (TPSA) is 97.8 Å². The van der Waals surface area contributed by atoms with Gasteiger partial charge in [0.1, 0.15) is 28.4 Å². The number of carbonyl (C=O) groups is 2. The number of hydrogen-bond acceptors (Lipinski definition) is 6. The number of aromatic hydroxyl groups is 1. The Morgan fingerprint density at radius 1 is 1.33 bits per heavy atom. The van der Waals surface area contributed by atoms with Crippen molar-refractivity contribution in [2.24, 2.45) is 0 Å². The van der Waals surface area contributed by atoms with Crippen molar-refractivity contribution in [2.75, 3.05) is 13.2 Å². The number of hydrogen-bond donors (Lipinski definition) is 2. The number of nitrogens with zero attached hydrogens (tertiary/aromatic N) is 1. The highest BCUT2D eigenvalue weighted by atomic mass is 16.5. The lowest BCUT2D eigenvalue weighted by Gasteiger charge is -2.32. The number of ether oxygens (including phenoxy) is 2. The maximum Gasteiger partial charge on any atom is 0.257 e. The van der Waals surface area contributed by atoms with Gasteiger partial charge in [0.05, 0.1) is 6.42 Å². The Morgan fingerprint density at radius 2 is 2.07 bits per heavy atom. The van der Waals surface area contributed by atoms with Crippen molar-refractivity contribution in [3.8, 4) is 17.2 Å². The summed E-state index contributed by atoms with van der Waals surface area (Å²) in [5.41, 5.74) is 0.582. The number of Topliss-reactive ketones (excluding diaryl/α,β-unsaturated/α-hetero) is 1. The van der Waals surface area contributed by atoms with Crippen molar-refractivity contribution in [3.05, 3.63) is 47.8 Å². The van der Waals surface area contributed by atoms with Gasteiger partial charge < -0.3 is 19.9 Å². The van der Waals surface area contributed by atoms with Gasteiger partial charge in [-0.25, -0.2) is 0 Å². The van der Waals surface area contributed by atoms with Crippen LogP contribution in [0.2, 0.25) is 0 Å². The van der Waals surface area contributed by atoms with Gasteiger partial charge in [-0.15, -0.1) is 0 Å². The van der Waals surface area contributed by atoms with Gasteiger partial charge in [0.2, 0.25) is 0 Å². The molecule has 0 spiro atoms. The molecule has 2 aromatic rings. The smallest absolute Gasteiger partial charge is 0.257 e. The molecule has 3 rings (SSSR count). The van der Waals surface area contributed by atoms with Gasteiger partial charge in [0.15, 0.2) is 12.4 Å². The Bertz CT molecular complexity index is 849. The van der Waals surface area contributed by atoms with E-state index in [1.54, 1.807) is 26.2 Å².